The molecule has 0 saturated heterocycles. The number of hydrogen-bond acceptors (Lipinski definition) is 4. The smallest absolute Gasteiger partial charge is 0.323 e. The first-order valence-corrected chi connectivity index (χ1v) is 7.23. The maximum absolute atomic E-state index is 11.7. The summed E-state index contributed by atoms with van der Waals surface area (Å²) >= 11 is 1.77. The molecule has 0 aliphatic heterocycles. The zero-order valence-corrected chi connectivity index (χ0v) is 11.8. The Balaban J connectivity index is 3.92. The monoisotopic (exact) mass is 278 g/mol. The lowest BCUT2D eigenvalue weighted by Gasteiger charge is -2.20. The molecule has 2 N–H and O–H groups in total. The number of nitrogens with zero attached hydrogens (tertiary/aromatic N) is 1. The van der Waals surface area contributed by atoms with E-state index in [0.29, 0.717) is 13.2 Å². The summed E-state index contributed by atoms with van der Waals surface area (Å²) in [6, 6.07) is -0.349. The number of methoxy groups -OCH3 is 1. The van der Waals surface area contributed by atoms with Crippen molar-refractivity contribution in [3.8, 4) is 0 Å². The Bertz CT molecular complexity index is 251. The molecular weight excluding hydrogens is 256 g/mol. The molecule has 0 radical (unpaired) electrons. The third-order valence-corrected chi connectivity index (χ3v) is 2.93. The molecule has 0 aromatic carbocycles. The first kappa shape index (κ1) is 17.1. The van der Waals surface area contributed by atoms with Gasteiger partial charge in [-0.05, 0) is 24.9 Å². The lowest BCUT2D eigenvalue weighted by atomic mass is 10.3. The van der Waals surface area contributed by atoms with Crippen LogP contribution in [0.4, 0.5) is 4.79 Å². The van der Waals surface area contributed by atoms with Crippen LogP contribution in [0, 0.1) is 0 Å². The fourth-order valence-corrected chi connectivity index (χ4v) is 1.79. The highest BCUT2D eigenvalue weighted by Crippen LogP contribution is 1.98. The van der Waals surface area contributed by atoms with Gasteiger partial charge in [-0.2, -0.15) is 11.8 Å². The van der Waals surface area contributed by atoms with Crippen molar-refractivity contribution < 1.29 is 19.4 Å². The van der Waals surface area contributed by atoms with Crippen molar-refractivity contribution in [1.82, 2.24) is 10.2 Å². The van der Waals surface area contributed by atoms with Gasteiger partial charge in [0, 0.05) is 20.2 Å². The van der Waals surface area contributed by atoms with Crippen molar-refractivity contribution in [1.29, 1.82) is 0 Å². The first-order chi connectivity index (χ1) is 8.61. The number of aliphatic carboxylic acids is 1. The summed E-state index contributed by atoms with van der Waals surface area (Å²) in [5, 5.41) is 11.4. The van der Waals surface area contributed by atoms with Gasteiger partial charge in [0.25, 0.3) is 0 Å². The van der Waals surface area contributed by atoms with Crippen LogP contribution >= 0.6 is 11.8 Å². The van der Waals surface area contributed by atoms with E-state index in [0.717, 1.165) is 18.6 Å². The summed E-state index contributed by atoms with van der Waals surface area (Å²) in [4.78, 5) is 23.6. The molecule has 0 aromatic rings. The van der Waals surface area contributed by atoms with E-state index >= 15 is 0 Å². The molecule has 0 unspecified atom stereocenters. The highest BCUT2D eigenvalue weighted by Gasteiger charge is 2.15. The summed E-state index contributed by atoms with van der Waals surface area (Å²) in [6.45, 7) is 0.870. The molecule has 6 nitrogen and oxygen atoms in total. The fourth-order valence-electron chi connectivity index (χ4n) is 1.30. The Morgan fingerprint density at radius 3 is 2.67 bits per heavy atom. The average Bonchev–Trinajstić information content (AvgIpc) is 2.33. The van der Waals surface area contributed by atoms with Crippen molar-refractivity contribution in [2.24, 2.45) is 0 Å². The zero-order chi connectivity index (χ0) is 13.8. The molecule has 0 aliphatic rings. The molecule has 2 amide bonds. The Labute approximate surface area is 112 Å². The number of thioether (sulfide) groups is 1. The van der Waals surface area contributed by atoms with Gasteiger partial charge in [0.1, 0.15) is 6.54 Å². The number of carboxylic acid groups (broad SMARTS) is 1. The summed E-state index contributed by atoms with van der Waals surface area (Å²) in [5.41, 5.74) is 0. The molecule has 0 fully saturated rings. The summed E-state index contributed by atoms with van der Waals surface area (Å²) in [5.74, 6) is 0.0434. The van der Waals surface area contributed by atoms with Crippen LogP contribution in [0.2, 0.25) is 0 Å². The molecule has 0 aliphatic carbocycles. The number of urea groups is 1. The minimum Gasteiger partial charge on any atom is -0.480 e. The molecular formula is C11H22N2O4S. The van der Waals surface area contributed by atoms with E-state index in [4.69, 9.17) is 9.84 Å². The highest BCUT2D eigenvalue weighted by atomic mass is 32.2. The molecule has 0 rings (SSSR count). The third-order valence-electron chi connectivity index (χ3n) is 2.23. The number of unbranched alkanes of at least 4 members (excludes halogenated alkanes) is 1. The number of rotatable bonds is 10. The Hall–Kier alpha value is -0.950. The van der Waals surface area contributed by atoms with Crippen LogP contribution in [0.1, 0.15) is 12.8 Å². The van der Waals surface area contributed by atoms with Gasteiger partial charge in [-0.25, -0.2) is 4.79 Å². The van der Waals surface area contributed by atoms with Crippen molar-refractivity contribution in [3.63, 3.8) is 0 Å². The van der Waals surface area contributed by atoms with E-state index in [1.807, 2.05) is 6.26 Å². The van der Waals surface area contributed by atoms with E-state index in [2.05, 4.69) is 5.32 Å². The second-order valence-electron chi connectivity index (χ2n) is 3.74. The van der Waals surface area contributed by atoms with Crippen LogP contribution in [0.5, 0.6) is 0 Å². The highest BCUT2D eigenvalue weighted by molar-refractivity contribution is 7.98. The van der Waals surface area contributed by atoms with Crippen LogP contribution in [-0.4, -0.2) is 67.4 Å². The SMILES string of the molecule is COCCN(CC(=O)O)C(=O)NCCCCSC. The van der Waals surface area contributed by atoms with Gasteiger partial charge < -0.3 is 20.1 Å². The van der Waals surface area contributed by atoms with Gasteiger partial charge in [0.2, 0.25) is 0 Å². The normalized spacial score (nSPS) is 10.1. The lowest BCUT2D eigenvalue weighted by molar-refractivity contribution is -0.137. The number of carbonyl (C=O) groups is 2. The predicted octanol–water partition coefficient (Wildman–Crippen LogP) is 0.872. The molecule has 0 spiro atoms. The van der Waals surface area contributed by atoms with Crippen LogP contribution in [0.15, 0.2) is 0 Å². The average molecular weight is 278 g/mol. The van der Waals surface area contributed by atoms with Crippen LogP contribution in [0.25, 0.3) is 0 Å². The topological polar surface area (TPSA) is 78.9 Å². The van der Waals surface area contributed by atoms with Gasteiger partial charge >= 0.3 is 12.0 Å². The molecule has 0 saturated carbocycles. The summed E-state index contributed by atoms with van der Waals surface area (Å²) < 4.78 is 4.84. The lowest BCUT2D eigenvalue weighted by Crippen LogP contribution is -2.44. The van der Waals surface area contributed by atoms with E-state index in [1.165, 1.54) is 12.0 Å². The Kier molecular flexibility index (Phi) is 10.6. The maximum atomic E-state index is 11.7. The van der Waals surface area contributed by atoms with E-state index in [9.17, 15) is 9.59 Å². The molecule has 18 heavy (non-hydrogen) atoms. The summed E-state index contributed by atoms with van der Waals surface area (Å²) in [6.07, 6.45) is 3.98. The minimum absolute atomic E-state index is 0.277. The van der Waals surface area contributed by atoms with Gasteiger partial charge in [-0.1, -0.05) is 0 Å². The first-order valence-electron chi connectivity index (χ1n) is 5.84. The van der Waals surface area contributed by atoms with Crippen molar-refractivity contribution in [2.75, 3.05) is 45.4 Å². The van der Waals surface area contributed by atoms with E-state index in [1.54, 1.807) is 11.8 Å². The maximum Gasteiger partial charge on any atom is 0.323 e. The Morgan fingerprint density at radius 2 is 2.11 bits per heavy atom. The molecule has 7 heteroatoms. The van der Waals surface area contributed by atoms with Crippen LogP contribution in [0.3, 0.4) is 0 Å². The second-order valence-corrected chi connectivity index (χ2v) is 4.73. The van der Waals surface area contributed by atoms with Gasteiger partial charge in [0.05, 0.1) is 6.61 Å². The minimum atomic E-state index is -1.02. The largest absolute Gasteiger partial charge is 0.480 e. The number of carboxylic acids is 1. The molecule has 0 atom stereocenters. The van der Waals surface area contributed by atoms with Crippen molar-refractivity contribution in [3.05, 3.63) is 0 Å². The van der Waals surface area contributed by atoms with Crippen molar-refractivity contribution >= 4 is 23.8 Å². The molecule has 0 bridgehead atoms. The molecule has 0 heterocycles. The standard InChI is InChI=1S/C11H22N2O4S/c1-17-7-6-13(9-10(14)15)11(16)12-5-3-4-8-18-2/h3-9H2,1-2H3,(H,12,16)(H,14,15). The van der Waals surface area contributed by atoms with Gasteiger partial charge in [0.15, 0.2) is 0 Å². The van der Waals surface area contributed by atoms with Crippen LogP contribution < -0.4 is 5.32 Å². The summed E-state index contributed by atoms with van der Waals surface area (Å²) in [7, 11) is 1.51. The quantitative estimate of drug-likeness (QED) is 0.580. The number of nitrogens with one attached hydrogen (secondary N) is 1. The fraction of sp³-hybridized carbons (Fsp3) is 0.818. The van der Waals surface area contributed by atoms with Crippen LogP contribution in [-0.2, 0) is 9.53 Å². The van der Waals surface area contributed by atoms with Crippen molar-refractivity contribution in [2.45, 2.75) is 12.8 Å². The zero-order valence-electron chi connectivity index (χ0n) is 11.0. The molecule has 106 valence electrons. The number of carbonyl (C=O) groups excluding carboxylic acids is 1. The third kappa shape index (κ3) is 9.12. The number of amides is 2. The number of hydrogen-bond donors (Lipinski definition) is 2. The second kappa shape index (κ2) is 11.2. The van der Waals surface area contributed by atoms with Gasteiger partial charge in [-0.3, -0.25) is 4.79 Å². The predicted molar refractivity (Wildman–Crippen MR) is 72.1 cm³/mol. The van der Waals surface area contributed by atoms with Gasteiger partial charge in [-0.15, -0.1) is 0 Å². The Morgan fingerprint density at radius 1 is 1.39 bits per heavy atom. The number of ether oxygens (including phenoxy) is 1. The van der Waals surface area contributed by atoms with E-state index < -0.39 is 5.97 Å². The molecule has 0 aromatic heterocycles. The van der Waals surface area contributed by atoms with E-state index in [-0.39, 0.29) is 19.1 Å².